The standard InChI is InChI=1S/C12H12N4O4/c1-19-9-4-2-3-8(5-9)6-20-12-10(16(17)18)11(13)14-7-15-12/h2-5,7H,6H2,1H3,(H2,13,14,15). The van der Waals surface area contributed by atoms with E-state index in [1.165, 1.54) is 0 Å². The van der Waals surface area contributed by atoms with Crippen molar-refractivity contribution in [2.75, 3.05) is 12.8 Å². The van der Waals surface area contributed by atoms with E-state index in [2.05, 4.69) is 9.97 Å². The smallest absolute Gasteiger partial charge is 0.372 e. The van der Waals surface area contributed by atoms with Crippen molar-refractivity contribution in [2.24, 2.45) is 0 Å². The molecule has 1 aromatic heterocycles. The average molecular weight is 276 g/mol. The predicted octanol–water partition coefficient (Wildman–Crippen LogP) is 1.55. The van der Waals surface area contributed by atoms with Gasteiger partial charge in [0.1, 0.15) is 18.7 Å². The lowest BCUT2D eigenvalue weighted by atomic mass is 10.2. The number of hydrogen-bond donors (Lipinski definition) is 1. The van der Waals surface area contributed by atoms with Crippen LogP contribution >= 0.6 is 0 Å². The zero-order valence-electron chi connectivity index (χ0n) is 10.6. The molecule has 0 saturated heterocycles. The Kier molecular flexibility index (Phi) is 3.94. The van der Waals surface area contributed by atoms with Crippen molar-refractivity contribution >= 4 is 11.5 Å². The third-order valence-corrected chi connectivity index (χ3v) is 2.51. The van der Waals surface area contributed by atoms with E-state index in [1.54, 1.807) is 31.4 Å². The highest BCUT2D eigenvalue weighted by atomic mass is 16.6. The van der Waals surface area contributed by atoms with Gasteiger partial charge < -0.3 is 15.2 Å². The number of nitrogens with zero attached hydrogens (tertiary/aromatic N) is 3. The first-order valence-corrected chi connectivity index (χ1v) is 5.62. The van der Waals surface area contributed by atoms with E-state index in [9.17, 15) is 10.1 Å². The summed E-state index contributed by atoms with van der Waals surface area (Å²) in [6.07, 6.45) is 1.11. The van der Waals surface area contributed by atoms with Gasteiger partial charge in [0.15, 0.2) is 0 Å². The van der Waals surface area contributed by atoms with Crippen LogP contribution < -0.4 is 15.2 Å². The van der Waals surface area contributed by atoms with E-state index in [-0.39, 0.29) is 18.3 Å². The van der Waals surface area contributed by atoms with Crippen LogP contribution in [0.3, 0.4) is 0 Å². The lowest BCUT2D eigenvalue weighted by Crippen LogP contribution is -2.05. The Balaban J connectivity index is 2.18. The van der Waals surface area contributed by atoms with Crippen molar-refractivity contribution in [3.05, 3.63) is 46.3 Å². The maximum atomic E-state index is 10.9. The lowest BCUT2D eigenvalue weighted by molar-refractivity contribution is -0.385. The molecule has 0 aliphatic rings. The number of anilines is 1. The van der Waals surface area contributed by atoms with Gasteiger partial charge in [-0.25, -0.2) is 4.98 Å². The largest absolute Gasteiger partial charge is 0.497 e. The molecule has 2 N–H and O–H groups in total. The van der Waals surface area contributed by atoms with Crippen LogP contribution in [0.4, 0.5) is 11.5 Å². The summed E-state index contributed by atoms with van der Waals surface area (Å²) in [5.41, 5.74) is 5.80. The topological polar surface area (TPSA) is 113 Å². The fraction of sp³-hybridized carbons (Fsp3) is 0.167. The predicted molar refractivity (Wildman–Crippen MR) is 70.4 cm³/mol. The molecular weight excluding hydrogens is 264 g/mol. The number of nitrogen functional groups attached to an aromatic ring is 1. The Morgan fingerprint density at radius 1 is 1.40 bits per heavy atom. The fourth-order valence-corrected chi connectivity index (χ4v) is 1.57. The highest BCUT2D eigenvalue weighted by Crippen LogP contribution is 2.29. The van der Waals surface area contributed by atoms with Crippen LogP contribution in [0.5, 0.6) is 11.6 Å². The Hall–Kier alpha value is -2.90. The van der Waals surface area contributed by atoms with Crippen molar-refractivity contribution in [1.29, 1.82) is 0 Å². The maximum Gasteiger partial charge on any atom is 0.372 e. The SMILES string of the molecule is COc1cccc(COc2ncnc(N)c2[N+](=O)[O-])c1. The summed E-state index contributed by atoms with van der Waals surface area (Å²) in [6.45, 7) is 0.106. The molecule has 0 unspecified atom stereocenters. The number of rotatable bonds is 5. The minimum Gasteiger partial charge on any atom is -0.497 e. The molecular formula is C12H12N4O4. The molecule has 1 heterocycles. The first-order valence-electron chi connectivity index (χ1n) is 5.62. The average Bonchev–Trinajstić information content (AvgIpc) is 2.45. The summed E-state index contributed by atoms with van der Waals surface area (Å²) in [7, 11) is 1.55. The second-order valence-electron chi connectivity index (χ2n) is 3.81. The van der Waals surface area contributed by atoms with E-state index < -0.39 is 10.6 Å². The fourth-order valence-electron chi connectivity index (χ4n) is 1.57. The molecule has 0 saturated carbocycles. The Bertz CT molecular complexity index is 633. The van der Waals surface area contributed by atoms with Crippen LogP contribution in [0.2, 0.25) is 0 Å². The Labute approximate surface area is 114 Å². The number of hydrogen-bond acceptors (Lipinski definition) is 7. The monoisotopic (exact) mass is 276 g/mol. The van der Waals surface area contributed by atoms with E-state index in [1.807, 2.05) is 0 Å². The summed E-state index contributed by atoms with van der Waals surface area (Å²) in [6, 6.07) is 7.14. The molecule has 8 nitrogen and oxygen atoms in total. The van der Waals surface area contributed by atoms with Gasteiger partial charge in [-0.05, 0) is 17.7 Å². The third kappa shape index (κ3) is 2.91. The molecule has 1 aromatic carbocycles. The van der Waals surface area contributed by atoms with Crippen LogP contribution in [-0.2, 0) is 6.61 Å². The molecule has 0 spiro atoms. The van der Waals surface area contributed by atoms with Gasteiger partial charge in [0, 0.05) is 0 Å². The number of nitro groups is 1. The normalized spacial score (nSPS) is 10.1. The zero-order chi connectivity index (χ0) is 14.5. The second-order valence-corrected chi connectivity index (χ2v) is 3.81. The number of benzene rings is 1. The van der Waals surface area contributed by atoms with Crippen LogP contribution in [0, 0.1) is 10.1 Å². The van der Waals surface area contributed by atoms with Crippen molar-refractivity contribution in [1.82, 2.24) is 9.97 Å². The zero-order valence-corrected chi connectivity index (χ0v) is 10.6. The van der Waals surface area contributed by atoms with Gasteiger partial charge in [0.25, 0.3) is 5.88 Å². The Morgan fingerprint density at radius 3 is 2.90 bits per heavy atom. The number of methoxy groups -OCH3 is 1. The minimum atomic E-state index is -0.670. The summed E-state index contributed by atoms with van der Waals surface area (Å²) in [5.74, 6) is 0.277. The van der Waals surface area contributed by atoms with E-state index in [4.69, 9.17) is 15.2 Å². The maximum absolute atomic E-state index is 10.9. The second kappa shape index (κ2) is 5.83. The molecule has 2 aromatic rings. The van der Waals surface area contributed by atoms with E-state index in [0.29, 0.717) is 5.75 Å². The van der Waals surface area contributed by atoms with Gasteiger partial charge >= 0.3 is 5.69 Å². The molecule has 0 amide bonds. The van der Waals surface area contributed by atoms with E-state index >= 15 is 0 Å². The molecule has 104 valence electrons. The highest BCUT2D eigenvalue weighted by Gasteiger charge is 2.22. The van der Waals surface area contributed by atoms with Gasteiger partial charge in [-0.15, -0.1) is 0 Å². The molecule has 0 bridgehead atoms. The van der Waals surface area contributed by atoms with Gasteiger partial charge in [-0.2, -0.15) is 4.98 Å². The molecule has 0 fully saturated rings. The van der Waals surface area contributed by atoms with E-state index in [0.717, 1.165) is 11.9 Å². The number of nitrogens with two attached hydrogens (primary N) is 1. The summed E-state index contributed by atoms with van der Waals surface area (Å²) in [4.78, 5) is 17.5. The van der Waals surface area contributed by atoms with Gasteiger partial charge in [0.2, 0.25) is 5.82 Å². The van der Waals surface area contributed by atoms with Crippen molar-refractivity contribution < 1.29 is 14.4 Å². The summed E-state index contributed by atoms with van der Waals surface area (Å²) < 4.78 is 10.4. The van der Waals surface area contributed by atoms with Crippen LogP contribution in [0.15, 0.2) is 30.6 Å². The molecule has 8 heteroatoms. The molecule has 0 radical (unpaired) electrons. The quantitative estimate of drug-likeness (QED) is 0.651. The third-order valence-electron chi connectivity index (χ3n) is 2.51. The molecule has 20 heavy (non-hydrogen) atoms. The molecule has 2 rings (SSSR count). The number of ether oxygens (including phenoxy) is 2. The van der Waals surface area contributed by atoms with Gasteiger partial charge in [-0.1, -0.05) is 12.1 Å². The molecule has 0 aliphatic heterocycles. The minimum absolute atomic E-state index is 0.106. The first-order chi connectivity index (χ1) is 9.61. The Morgan fingerprint density at radius 2 is 2.20 bits per heavy atom. The van der Waals surface area contributed by atoms with Crippen molar-refractivity contribution in [3.8, 4) is 11.6 Å². The van der Waals surface area contributed by atoms with Crippen LogP contribution in [-0.4, -0.2) is 22.0 Å². The highest BCUT2D eigenvalue weighted by molar-refractivity contribution is 5.57. The van der Waals surface area contributed by atoms with Crippen molar-refractivity contribution in [3.63, 3.8) is 0 Å². The van der Waals surface area contributed by atoms with Crippen LogP contribution in [0.1, 0.15) is 5.56 Å². The lowest BCUT2D eigenvalue weighted by Gasteiger charge is -2.07. The van der Waals surface area contributed by atoms with Gasteiger partial charge in [0.05, 0.1) is 12.0 Å². The van der Waals surface area contributed by atoms with Crippen LogP contribution in [0.25, 0.3) is 0 Å². The summed E-state index contributed by atoms with van der Waals surface area (Å²) >= 11 is 0. The summed E-state index contributed by atoms with van der Waals surface area (Å²) in [5, 5.41) is 10.9. The molecule has 0 aliphatic carbocycles. The number of aromatic nitrogens is 2. The first kappa shape index (κ1) is 13.5. The molecule has 0 atom stereocenters. The van der Waals surface area contributed by atoms with Gasteiger partial charge in [-0.3, -0.25) is 10.1 Å². The van der Waals surface area contributed by atoms with Crippen molar-refractivity contribution in [2.45, 2.75) is 6.61 Å².